The highest BCUT2D eigenvalue weighted by Crippen LogP contribution is 2.37. The standard InChI is InChI=1S/C11H14F3NO2S2/c12-11(13,14)8-3-1-4-9(7-8)15-19(16,17)10-5-2-6-18-10/h2,5-6,8-9,15H,1,3-4,7H2/t8-,9+/m0/s1. The van der Waals surface area contributed by atoms with Crippen LogP contribution in [0.5, 0.6) is 0 Å². The van der Waals surface area contributed by atoms with Gasteiger partial charge in [-0.1, -0.05) is 12.5 Å². The molecule has 1 N–H and O–H groups in total. The van der Waals surface area contributed by atoms with E-state index in [0.717, 1.165) is 11.3 Å². The number of thiophene rings is 1. The zero-order chi connectivity index (χ0) is 14.1. The molecule has 108 valence electrons. The van der Waals surface area contributed by atoms with E-state index in [2.05, 4.69) is 4.72 Å². The van der Waals surface area contributed by atoms with E-state index in [1.807, 2.05) is 0 Å². The van der Waals surface area contributed by atoms with Crippen molar-refractivity contribution < 1.29 is 21.6 Å². The Morgan fingerprint density at radius 1 is 1.32 bits per heavy atom. The van der Waals surface area contributed by atoms with Crippen LogP contribution < -0.4 is 4.72 Å². The van der Waals surface area contributed by atoms with E-state index in [4.69, 9.17) is 0 Å². The van der Waals surface area contributed by atoms with Gasteiger partial charge in [0.2, 0.25) is 10.0 Å². The Morgan fingerprint density at radius 2 is 2.05 bits per heavy atom. The predicted octanol–water partition coefficient (Wildman–Crippen LogP) is 3.15. The number of hydrogen-bond donors (Lipinski definition) is 1. The third-order valence-electron chi connectivity index (χ3n) is 3.22. The molecule has 8 heteroatoms. The summed E-state index contributed by atoms with van der Waals surface area (Å²) < 4.78 is 64.3. The maximum absolute atomic E-state index is 12.6. The largest absolute Gasteiger partial charge is 0.391 e. The summed E-state index contributed by atoms with van der Waals surface area (Å²) in [6.45, 7) is 0. The van der Waals surface area contributed by atoms with Crippen molar-refractivity contribution in [1.29, 1.82) is 0 Å². The fourth-order valence-corrected chi connectivity index (χ4v) is 4.58. The van der Waals surface area contributed by atoms with E-state index in [9.17, 15) is 21.6 Å². The lowest BCUT2D eigenvalue weighted by molar-refractivity contribution is -0.183. The smallest absolute Gasteiger partial charge is 0.207 e. The zero-order valence-electron chi connectivity index (χ0n) is 9.98. The quantitative estimate of drug-likeness (QED) is 0.932. The molecule has 3 nitrogen and oxygen atoms in total. The molecule has 2 atom stereocenters. The summed E-state index contributed by atoms with van der Waals surface area (Å²) in [6.07, 6.45) is -3.49. The van der Waals surface area contributed by atoms with Crippen LogP contribution in [0.4, 0.5) is 13.2 Å². The molecule has 1 aromatic heterocycles. The molecule has 1 aromatic rings. The van der Waals surface area contributed by atoms with E-state index in [0.29, 0.717) is 12.8 Å². The predicted molar refractivity (Wildman–Crippen MR) is 66.4 cm³/mol. The van der Waals surface area contributed by atoms with Gasteiger partial charge in [-0.05, 0) is 30.7 Å². The van der Waals surface area contributed by atoms with Crippen molar-refractivity contribution in [3.63, 3.8) is 0 Å². The Labute approximate surface area is 113 Å². The van der Waals surface area contributed by atoms with Gasteiger partial charge in [0, 0.05) is 6.04 Å². The molecule has 1 aliphatic carbocycles. The molecule has 1 heterocycles. The Balaban J connectivity index is 2.04. The van der Waals surface area contributed by atoms with E-state index in [1.165, 1.54) is 6.07 Å². The normalized spacial score (nSPS) is 25.4. The number of nitrogens with one attached hydrogen (secondary N) is 1. The Hall–Kier alpha value is -0.600. The van der Waals surface area contributed by atoms with Crippen molar-refractivity contribution in [1.82, 2.24) is 4.72 Å². The molecule has 0 spiro atoms. The van der Waals surface area contributed by atoms with Crippen molar-refractivity contribution in [3.8, 4) is 0 Å². The van der Waals surface area contributed by atoms with E-state index >= 15 is 0 Å². The highest BCUT2D eigenvalue weighted by atomic mass is 32.2. The Bertz CT molecular complexity index is 511. The van der Waals surface area contributed by atoms with Crippen LogP contribution in [-0.4, -0.2) is 20.6 Å². The number of alkyl halides is 3. The summed E-state index contributed by atoms with van der Waals surface area (Å²) in [5.74, 6) is -1.41. The lowest BCUT2D eigenvalue weighted by atomic mass is 9.86. The fraction of sp³-hybridized carbons (Fsp3) is 0.636. The monoisotopic (exact) mass is 313 g/mol. The van der Waals surface area contributed by atoms with Crippen LogP contribution in [0.3, 0.4) is 0 Å². The molecule has 0 radical (unpaired) electrons. The van der Waals surface area contributed by atoms with Crippen molar-refractivity contribution in [2.24, 2.45) is 5.92 Å². The van der Waals surface area contributed by atoms with Crippen LogP contribution in [0.15, 0.2) is 21.7 Å². The molecule has 0 amide bonds. The van der Waals surface area contributed by atoms with Crippen LogP contribution in [0, 0.1) is 5.92 Å². The van der Waals surface area contributed by atoms with Crippen LogP contribution in [0.1, 0.15) is 25.7 Å². The molecular formula is C11H14F3NO2S2. The average Bonchev–Trinajstić information content (AvgIpc) is 2.81. The second-order valence-corrected chi connectivity index (χ2v) is 7.54. The first kappa shape index (κ1) is 14.8. The molecular weight excluding hydrogens is 299 g/mol. The second kappa shape index (κ2) is 5.41. The van der Waals surface area contributed by atoms with Crippen molar-refractivity contribution >= 4 is 21.4 Å². The highest BCUT2D eigenvalue weighted by molar-refractivity contribution is 7.91. The van der Waals surface area contributed by atoms with Crippen LogP contribution in [0.2, 0.25) is 0 Å². The number of halogens is 3. The molecule has 19 heavy (non-hydrogen) atoms. The Morgan fingerprint density at radius 3 is 2.63 bits per heavy atom. The van der Waals surface area contributed by atoms with Gasteiger partial charge in [0.15, 0.2) is 0 Å². The molecule has 0 bridgehead atoms. The minimum absolute atomic E-state index is 0.0841. The Kier molecular flexibility index (Phi) is 4.22. The molecule has 0 saturated heterocycles. The summed E-state index contributed by atoms with van der Waals surface area (Å²) >= 11 is 1.05. The van der Waals surface area contributed by atoms with Gasteiger partial charge in [-0.25, -0.2) is 13.1 Å². The molecule has 1 aliphatic rings. The van der Waals surface area contributed by atoms with Gasteiger partial charge in [-0.3, -0.25) is 0 Å². The zero-order valence-corrected chi connectivity index (χ0v) is 11.6. The molecule has 2 rings (SSSR count). The number of rotatable bonds is 3. The molecule has 0 aliphatic heterocycles. The maximum atomic E-state index is 12.6. The van der Waals surface area contributed by atoms with Gasteiger partial charge in [0.25, 0.3) is 0 Å². The minimum Gasteiger partial charge on any atom is -0.207 e. The van der Waals surface area contributed by atoms with Crippen molar-refractivity contribution in [2.45, 2.75) is 42.1 Å². The van der Waals surface area contributed by atoms with Gasteiger partial charge in [-0.2, -0.15) is 13.2 Å². The summed E-state index contributed by atoms with van der Waals surface area (Å²) in [4.78, 5) is 0. The fourth-order valence-electron chi connectivity index (χ4n) is 2.29. The topological polar surface area (TPSA) is 46.2 Å². The van der Waals surface area contributed by atoms with Crippen LogP contribution in [0.25, 0.3) is 0 Å². The lowest BCUT2D eigenvalue weighted by Crippen LogP contribution is -2.41. The number of hydrogen-bond acceptors (Lipinski definition) is 3. The van der Waals surface area contributed by atoms with Crippen LogP contribution in [-0.2, 0) is 10.0 Å². The third kappa shape index (κ3) is 3.70. The van der Waals surface area contributed by atoms with Crippen molar-refractivity contribution in [2.75, 3.05) is 0 Å². The molecule has 1 fully saturated rings. The van der Waals surface area contributed by atoms with E-state index < -0.39 is 28.2 Å². The molecule has 0 unspecified atom stereocenters. The first-order chi connectivity index (χ1) is 8.79. The summed E-state index contributed by atoms with van der Waals surface area (Å²) in [5.41, 5.74) is 0. The lowest BCUT2D eigenvalue weighted by Gasteiger charge is -2.30. The molecule has 1 saturated carbocycles. The van der Waals surface area contributed by atoms with Crippen LogP contribution >= 0.6 is 11.3 Å². The third-order valence-corrected chi connectivity index (χ3v) is 6.14. The van der Waals surface area contributed by atoms with Crippen molar-refractivity contribution in [3.05, 3.63) is 17.5 Å². The highest BCUT2D eigenvalue weighted by Gasteiger charge is 2.42. The first-order valence-electron chi connectivity index (χ1n) is 5.91. The van der Waals surface area contributed by atoms with Gasteiger partial charge in [0.05, 0.1) is 5.92 Å². The number of sulfonamides is 1. The minimum atomic E-state index is -4.24. The summed E-state index contributed by atoms with van der Waals surface area (Å²) in [6, 6.07) is 2.41. The van der Waals surface area contributed by atoms with Gasteiger partial charge in [0.1, 0.15) is 4.21 Å². The summed E-state index contributed by atoms with van der Waals surface area (Å²) in [5, 5.41) is 1.62. The van der Waals surface area contributed by atoms with E-state index in [-0.39, 0.29) is 17.1 Å². The molecule has 0 aromatic carbocycles. The van der Waals surface area contributed by atoms with Gasteiger partial charge < -0.3 is 0 Å². The van der Waals surface area contributed by atoms with Gasteiger partial charge >= 0.3 is 6.18 Å². The average molecular weight is 313 g/mol. The van der Waals surface area contributed by atoms with E-state index in [1.54, 1.807) is 11.4 Å². The maximum Gasteiger partial charge on any atom is 0.391 e. The second-order valence-electron chi connectivity index (χ2n) is 4.66. The SMILES string of the molecule is O=S(=O)(N[C@@H]1CCC[C@H](C(F)(F)F)C1)c1cccs1. The van der Waals surface area contributed by atoms with Gasteiger partial charge in [-0.15, -0.1) is 11.3 Å². The summed E-state index contributed by atoms with van der Waals surface area (Å²) in [7, 11) is -3.68. The first-order valence-corrected chi connectivity index (χ1v) is 8.28.